The fraction of sp³-hybridized carbons (Fsp3) is 0.136. The van der Waals surface area contributed by atoms with E-state index in [2.05, 4.69) is 17.4 Å². The van der Waals surface area contributed by atoms with E-state index in [1.165, 1.54) is 25.3 Å². The molecule has 0 heterocycles. The molecule has 0 aliphatic heterocycles. The van der Waals surface area contributed by atoms with Crippen molar-refractivity contribution in [2.24, 2.45) is 0 Å². The summed E-state index contributed by atoms with van der Waals surface area (Å²) in [6.07, 6.45) is -0.654. The van der Waals surface area contributed by atoms with Gasteiger partial charge in [0, 0.05) is 12.0 Å². The van der Waals surface area contributed by atoms with Gasteiger partial charge in [-0.25, -0.2) is 4.79 Å². The Labute approximate surface area is 167 Å². The lowest BCUT2D eigenvalue weighted by molar-refractivity contribution is -0.384. The monoisotopic (exact) mass is 390 g/mol. The predicted molar refractivity (Wildman–Crippen MR) is 108 cm³/mol. The molecule has 0 bridgehead atoms. The lowest BCUT2D eigenvalue weighted by Gasteiger charge is -2.15. The molecule has 3 aromatic rings. The van der Waals surface area contributed by atoms with E-state index < -0.39 is 11.0 Å². The van der Waals surface area contributed by atoms with Crippen molar-refractivity contribution in [3.63, 3.8) is 0 Å². The van der Waals surface area contributed by atoms with Crippen molar-refractivity contribution in [1.29, 1.82) is 0 Å². The minimum absolute atomic E-state index is 0.0492. The van der Waals surface area contributed by atoms with Crippen LogP contribution in [0.15, 0.2) is 66.7 Å². The van der Waals surface area contributed by atoms with Crippen LogP contribution in [0.25, 0.3) is 11.1 Å². The maximum absolute atomic E-state index is 12.4. The van der Waals surface area contributed by atoms with Gasteiger partial charge in [-0.15, -0.1) is 0 Å². The molecule has 0 saturated carbocycles. The second kappa shape index (κ2) is 7.63. The Morgan fingerprint density at radius 2 is 1.66 bits per heavy atom. The van der Waals surface area contributed by atoms with Crippen LogP contribution in [0.1, 0.15) is 17.0 Å². The van der Waals surface area contributed by atoms with Crippen molar-refractivity contribution in [2.45, 2.75) is 5.92 Å². The molecule has 0 fully saturated rings. The van der Waals surface area contributed by atoms with Crippen molar-refractivity contribution in [2.75, 3.05) is 19.0 Å². The van der Waals surface area contributed by atoms with Crippen molar-refractivity contribution < 1.29 is 19.2 Å². The number of nitro groups is 1. The van der Waals surface area contributed by atoms with Gasteiger partial charge in [0.25, 0.3) is 5.69 Å². The van der Waals surface area contributed by atoms with Crippen LogP contribution in [-0.2, 0) is 4.74 Å². The van der Waals surface area contributed by atoms with Crippen molar-refractivity contribution in [3.05, 3.63) is 88.0 Å². The number of hydrogen-bond donors (Lipinski definition) is 1. The van der Waals surface area contributed by atoms with E-state index in [0.717, 1.165) is 22.3 Å². The molecule has 7 heteroatoms. The number of amides is 1. The lowest BCUT2D eigenvalue weighted by Crippen LogP contribution is -2.18. The van der Waals surface area contributed by atoms with Gasteiger partial charge in [-0.3, -0.25) is 15.4 Å². The molecule has 0 atom stereocenters. The molecule has 0 saturated heterocycles. The Hall–Kier alpha value is -3.87. The minimum Gasteiger partial charge on any atom is -0.494 e. The number of methoxy groups -OCH3 is 1. The van der Waals surface area contributed by atoms with E-state index in [1.54, 1.807) is 0 Å². The lowest BCUT2D eigenvalue weighted by atomic mass is 9.98. The van der Waals surface area contributed by atoms with Crippen LogP contribution >= 0.6 is 0 Å². The van der Waals surface area contributed by atoms with E-state index in [4.69, 9.17) is 9.47 Å². The van der Waals surface area contributed by atoms with E-state index in [9.17, 15) is 14.9 Å². The molecular formula is C22H18N2O5. The number of ether oxygens (including phenoxy) is 2. The maximum atomic E-state index is 12.4. The Kier molecular flexibility index (Phi) is 4.87. The van der Waals surface area contributed by atoms with Crippen LogP contribution < -0.4 is 10.1 Å². The average molecular weight is 390 g/mol. The zero-order chi connectivity index (χ0) is 20.4. The van der Waals surface area contributed by atoms with E-state index in [0.29, 0.717) is 5.69 Å². The number of nitro benzene ring substituents is 1. The molecule has 29 heavy (non-hydrogen) atoms. The summed E-state index contributed by atoms with van der Waals surface area (Å²) in [5.74, 6) is 0.139. The second-order valence-electron chi connectivity index (χ2n) is 6.59. The topological polar surface area (TPSA) is 90.7 Å². The average Bonchev–Trinajstić information content (AvgIpc) is 3.06. The highest BCUT2D eigenvalue weighted by Gasteiger charge is 2.29. The zero-order valence-corrected chi connectivity index (χ0v) is 15.6. The number of nitrogens with one attached hydrogen (secondary N) is 1. The van der Waals surface area contributed by atoms with Gasteiger partial charge in [-0.05, 0) is 28.3 Å². The van der Waals surface area contributed by atoms with Crippen molar-refractivity contribution >= 4 is 17.5 Å². The van der Waals surface area contributed by atoms with Crippen LogP contribution in [0.5, 0.6) is 5.75 Å². The number of nitrogens with zero attached hydrogens (tertiary/aromatic N) is 1. The molecule has 1 N–H and O–H groups in total. The summed E-state index contributed by atoms with van der Waals surface area (Å²) in [7, 11) is 1.38. The van der Waals surface area contributed by atoms with Gasteiger partial charge < -0.3 is 9.47 Å². The normalized spacial score (nSPS) is 12.0. The molecule has 0 spiro atoms. The number of carbonyl (C=O) groups excluding carboxylic acids is 1. The van der Waals surface area contributed by atoms with Gasteiger partial charge in [-0.2, -0.15) is 0 Å². The summed E-state index contributed by atoms with van der Waals surface area (Å²) in [6, 6.07) is 20.1. The smallest absolute Gasteiger partial charge is 0.411 e. The fourth-order valence-electron chi connectivity index (χ4n) is 3.64. The molecular weight excluding hydrogens is 372 g/mol. The summed E-state index contributed by atoms with van der Waals surface area (Å²) in [5, 5.41) is 13.5. The molecule has 1 aliphatic rings. The van der Waals surface area contributed by atoms with Crippen LogP contribution in [0, 0.1) is 10.1 Å². The number of benzene rings is 3. The number of non-ortho nitro benzene ring substituents is 1. The molecule has 4 rings (SSSR count). The molecule has 7 nitrogen and oxygen atoms in total. The highest BCUT2D eigenvalue weighted by atomic mass is 16.6. The van der Waals surface area contributed by atoms with Gasteiger partial charge in [-0.1, -0.05) is 48.5 Å². The first kappa shape index (κ1) is 18.5. The van der Waals surface area contributed by atoms with Crippen LogP contribution in [0.2, 0.25) is 0 Å². The fourth-order valence-corrected chi connectivity index (χ4v) is 3.64. The van der Waals surface area contributed by atoms with Crippen molar-refractivity contribution in [1.82, 2.24) is 0 Å². The van der Waals surface area contributed by atoms with Gasteiger partial charge >= 0.3 is 6.09 Å². The first-order chi connectivity index (χ1) is 14.1. The standard InChI is InChI=1S/C22H18N2O5/c1-28-21-12-14(24(26)27)10-11-20(21)23-22(25)29-13-19-17-8-4-2-6-15(17)16-7-3-5-9-18(16)19/h2-12,19H,13H2,1H3,(H,23,25). The SMILES string of the molecule is COc1cc([N+](=O)[O-])ccc1NC(=O)OCC1c2ccccc2-c2ccccc21. The number of anilines is 1. The molecule has 0 aromatic heterocycles. The maximum Gasteiger partial charge on any atom is 0.411 e. The molecule has 3 aromatic carbocycles. The second-order valence-corrected chi connectivity index (χ2v) is 6.59. The summed E-state index contributed by atoms with van der Waals surface area (Å²) in [4.78, 5) is 22.7. The molecule has 1 amide bonds. The third-order valence-electron chi connectivity index (χ3n) is 4.98. The third-order valence-corrected chi connectivity index (χ3v) is 4.98. The predicted octanol–water partition coefficient (Wildman–Crippen LogP) is 4.96. The van der Waals surface area contributed by atoms with E-state index in [1.807, 2.05) is 36.4 Å². The molecule has 146 valence electrons. The van der Waals surface area contributed by atoms with Crippen molar-refractivity contribution in [3.8, 4) is 16.9 Å². The molecule has 0 unspecified atom stereocenters. The number of carbonyl (C=O) groups is 1. The zero-order valence-electron chi connectivity index (χ0n) is 15.6. The summed E-state index contributed by atoms with van der Waals surface area (Å²) in [5.41, 5.74) is 4.71. The highest BCUT2D eigenvalue weighted by molar-refractivity contribution is 5.87. The van der Waals surface area contributed by atoms with Gasteiger partial charge in [0.15, 0.2) is 0 Å². The summed E-state index contributed by atoms with van der Waals surface area (Å²) >= 11 is 0. The van der Waals surface area contributed by atoms with E-state index in [-0.39, 0.29) is 24.0 Å². The Bertz CT molecular complexity index is 1050. The van der Waals surface area contributed by atoms with Gasteiger partial charge in [0.2, 0.25) is 0 Å². The van der Waals surface area contributed by atoms with Crippen LogP contribution in [0.3, 0.4) is 0 Å². The highest BCUT2D eigenvalue weighted by Crippen LogP contribution is 2.44. The first-order valence-electron chi connectivity index (χ1n) is 9.03. The Balaban J connectivity index is 1.49. The van der Waals surface area contributed by atoms with Gasteiger partial charge in [0.1, 0.15) is 12.4 Å². The van der Waals surface area contributed by atoms with Crippen LogP contribution in [-0.4, -0.2) is 24.7 Å². The quantitative estimate of drug-likeness (QED) is 0.491. The number of hydrogen-bond acceptors (Lipinski definition) is 5. The van der Waals surface area contributed by atoms with Crippen LogP contribution in [0.4, 0.5) is 16.2 Å². The molecule has 1 aliphatic carbocycles. The summed E-state index contributed by atoms with van der Waals surface area (Å²) < 4.78 is 10.6. The summed E-state index contributed by atoms with van der Waals surface area (Å²) in [6.45, 7) is 0.176. The molecule has 0 radical (unpaired) electrons. The number of fused-ring (bicyclic) bond motifs is 3. The number of rotatable bonds is 5. The minimum atomic E-state index is -0.654. The van der Waals surface area contributed by atoms with Gasteiger partial charge in [0.05, 0.1) is 23.8 Å². The van der Waals surface area contributed by atoms with E-state index >= 15 is 0 Å². The Morgan fingerprint density at radius 3 is 2.24 bits per heavy atom. The largest absolute Gasteiger partial charge is 0.494 e. The Morgan fingerprint density at radius 1 is 1.03 bits per heavy atom. The first-order valence-corrected chi connectivity index (χ1v) is 9.03. The third kappa shape index (κ3) is 3.50.